The largest absolute Gasteiger partial charge is 0.467 e. The van der Waals surface area contributed by atoms with Gasteiger partial charge in [-0.05, 0) is 6.07 Å². The van der Waals surface area contributed by atoms with Gasteiger partial charge in [-0.25, -0.2) is 24.1 Å². The van der Waals surface area contributed by atoms with Crippen molar-refractivity contribution >= 4 is 17.9 Å². The zero-order valence-electron chi connectivity index (χ0n) is 12.4. The molecule has 2 rings (SSSR count). The van der Waals surface area contributed by atoms with Crippen molar-refractivity contribution in [2.45, 2.75) is 6.17 Å². The number of hydrogen-bond donors (Lipinski definition) is 1. The normalized spacial score (nSPS) is 17.3. The van der Waals surface area contributed by atoms with E-state index in [2.05, 4.69) is 19.7 Å². The zero-order valence-corrected chi connectivity index (χ0v) is 12.4. The Morgan fingerprint density at radius 3 is 2.64 bits per heavy atom. The summed E-state index contributed by atoms with van der Waals surface area (Å²) in [5, 5.41) is 0. The second-order valence-corrected chi connectivity index (χ2v) is 4.71. The number of carbonyl (C=O) groups excluding carboxylic acids is 1. The van der Waals surface area contributed by atoms with Gasteiger partial charge in [-0.15, -0.1) is 0 Å². The van der Waals surface area contributed by atoms with Crippen molar-refractivity contribution in [1.29, 1.82) is 0 Å². The van der Waals surface area contributed by atoms with Gasteiger partial charge in [0.2, 0.25) is 12.1 Å². The molecule has 1 aromatic heterocycles. The van der Waals surface area contributed by atoms with Crippen LogP contribution in [0.3, 0.4) is 0 Å². The maximum Gasteiger partial charge on any atom is 0.342 e. The highest BCUT2D eigenvalue weighted by atomic mass is 19.1. The number of guanidine groups is 1. The molecule has 0 aliphatic carbocycles. The molecule has 1 aliphatic heterocycles. The highest BCUT2D eigenvalue weighted by Gasteiger charge is 2.21. The lowest BCUT2D eigenvalue weighted by atomic mass is 10.3. The van der Waals surface area contributed by atoms with Crippen molar-refractivity contribution in [1.82, 2.24) is 14.9 Å². The third-order valence-corrected chi connectivity index (χ3v) is 3.31. The van der Waals surface area contributed by atoms with E-state index in [0.717, 1.165) is 7.11 Å². The molecule has 22 heavy (non-hydrogen) atoms. The molecule has 1 aliphatic rings. The van der Waals surface area contributed by atoms with Crippen molar-refractivity contribution in [2.75, 3.05) is 44.7 Å². The Kier molecular flexibility index (Phi) is 5.45. The predicted molar refractivity (Wildman–Crippen MR) is 79.2 cm³/mol. The van der Waals surface area contributed by atoms with Gasteiger partial charge in [-0.2, -0.15) is 0 Å². The van der Waals surface area contributed by atoms with Crippen LogP contribution in [0.2, 0.25) is 0 Å². The molecule has 2 heterocycles. The maximum absolute atomic E-state index is 13.3. The SMILES string of the molecule is COC(=O)C(F)CN=C(N)N1CCN(c2ncccn2)CC1. The van der Waals surface area contributed by atoms with Gasteiger partial charge in [-0.3, -0.25) is 0 Å². The lowest BCUT2D eigenvalue weighted by Crippen LogP contribution is -2.51. The van der Waals surface area contributed by atoms with Crippen molar-refractivity contribution < 1.29 is 13.9 Å². The van der Waals surface area contributed by atoms with E-state index in [-0.39, 0.29) is 12.5 Å². The monoisotopic (exact) mass is 310 g/mol. The minimum Gasteiger partial charge on any atom is -0.467 e. The van der Waals surface area contributed by atoms with E-state index in [9.17, 15) is 9.18 Å². The van der Waals surface area contributed by atoms with Crippen LogP contribution in [0.4, 0.5) is 10.3 Å². The number of halogens is 1. The summed E-state index contributed by atoms with van der Waals surface area (Å²) in [4.78, 5) is 27.1. The lowest BCUT2D eigenvalue weighted by Gasteiger charge is -2.35. The second kappa shape index (κ2) is 7.53. The molecule has 0 spiro atoms. The van der Waals surface area contributed by atoms with E-state index in [1.54, 1.807) is 18.5 Å². The van der Waals surface area contributed by atoms with Gasteiger partial charge in [0.25, 0.3) is 0 Å². The molecule has 0 amide bonds. The number of methoxy groups -OCH3 is 1. The number of nitrogens with zero attached hydrogens (tertiary/aromatic N) is 5. The summed E-state index contributed by atoms with van der Waals surface area (Å²) in [6.45, 7) is 2.30. The summed E-state index contributed by atoms with van der Waals surface area (Å²) < 4.78 is 17.6. The summed E-state index contributed by atoms with van der Waals surface area (Å²) in [5.41, 5.74) is 5.83. The molecule has 1 aromatic rings. The van der Waals surface area contributed by atoms with Gasteiger partial charge in [-0.1, -0.05) is 0 Å². The Morgan fingerprint density at radius 2 is 2.05 bits per heavy atom. The van der Waals surface area contributed by atoms with Gasteiger partial charge < -0.3 is 20.3 Å². The van der Waals surface area contributed by atoms with Gasteiger partial charge in [0.1, 0.15) is 0 Å². The first-order valence-corrected chi connectivity index (χ1v) is 6.90. The van der Waals surface area contributed by atoms with E-state index < -0.39 is 12.1 Å². The molecule has 0 bridgehead atoms. The standard InChI is InChI=1S/C13H19FN6O2/c1-22-11(21)10(14)9-18-12(15)19-5-7-20(8-6-19)13-16-3-2-4-17-13/h2-4,10H,5-9H2,1H3,(H2,15,18). The average molecular weight is 310 g/mol. The van der Waals surface area contributed by atoms with Crippen LogP contribution in [0.5, 0.6) is 0 Å². The molecule has 0 radical (unpaired) electrons. The van der Waals surface area contributed by atoms with Crippen LogP contribution in [0.15, 0.2) is 23.5 Å². The first-order chi connectivity index (χ1) is 10.6. The van der Waals surface area contributed by atoms with Crippen molar-refractivity contribution in [3.63, 3.8) is 0 Å². The van der Waals surface area contributed by atoms with Crippen molar-refractivity contribution in [3.05, 3.63) is 18.5 Å². The highest BCUT2D eigenvalue weighted by molar-refractivity contribution is 5.79. The minimum atomic E-state index is -1.79. The number of carbonyl (C=O) groups is 1. The van der Waals surface area contributed by atoms with E-state index in [0.29, 0.717) is 32.1 Å². The van der Waals surface area contributed by atoms with Crippen LogP contribution in [-0.2, 0) is 9.53 Å². The van der Waals surface area contributed by atoms with Crippen molar-refractivity contribution in [2.24, 2.45) is 10.7 Å². The van der Waals surface area contributed by atoms with Gasteiger partial charge in [0.15, 0.2) is 5.96 Å². The fourth-order valence-electron chi connectivity index (χ4n) is 2.07. The van der Waals surface area contributed by atoms with Crippen LogP contribution in [0.1, 0.15) is 0 Å². The molecule has 0 saturated carbocycles. The van der Waals surface area contributed by atoms with E-state index in [1.165, 1.54) is 0 Å². The van der Waals surface area contributed by atoms with Gasteiger partial charge in [0, 0.05) is 38.6 Å². The van der Waals surface area contributed by atoms with Crippen LogP contribution in [0.25, 0.3) is 0 Å². The first kappa shape index (κ1) is 15.9. The zero-order chi connectivity index (χ0) is 15.9. The Morgan fingerprint density at radius 1 is 1.41 bits per heavy atom. The number of aliphatic imine (C=N–C) groups is 1. The molecule has 8 nitrogen and oxygen atoms in total. The molecular weight excluding hydrogens is 291 g/mol. The van der Waals surface area contributed by atoms with Gasteiger partial charge >= 0.3 is 5.97 Å². The number of ether oxygens (including phenoxy) is 1. The number of nitrogens with two attached hydrogens (primary N) is 1. The average Bonchev–Trinajstić information content (AvgIpc) is 2.59. The van der Waals surface area contributed by atoms with E-state index in [1.807, 2.05) is 9.80 Å². The van der Waals surface area contributed by atoms with Crippen LogP contribution in [0, 0.1) is 0 Å². The summed E-state index contributed by atoms with van der Waals surface area (Å²) in [5.74, 6) is -0.0463. The van der Waals surface area contributed by atoms with Gasteiger partial charge in [0.05, 0.1) is 13.7 Å². The molecule has 1 fully saturated rings. The maximum atomic E-state index is 13.3. The lowest BCUT2D eigenvalue weighted by molar-refractivity contribution is -0.146. The summed E-state index contributed by atoms with van der Waals surface area (Å²) in [6, 6.07) is 1.76. The van der Waals surface area contributed by atoms with Crippen LogP contribution in [-0.4, -0.2) is 72.8 Å². The Balaban J connectivity index is 1.84. The van der Waals surface area contributed by atoms with Crippen LogP contribution >= 0.6 is 0 Å². The van der Waals surface area contributed by atoms with Crippen LogP contribution < -0.4 is 10.6 Å². The quantitative estimate of drug-likeness (QED) is 0.451. The topological polar surface area (TPSA) is 96.9 Å². The third-order valence-electron chi connectivity index (χ3n) is 3.31. The molecule has 1 saturated heterocycles. The molecule has 120 valence electrons. The fraction of sp³-hybridized carbons (Fsp3) is 0.538. The molecule has 2 N–H and O–H groups in total. The molecule has 0 aromatic carbocycles. The highest BCUT2D eigenvalue weighted by Crippen LogP contribution is 2.09. The summed E-state index contributed by atoms with van der Waals surface area (Å²) in [6.07, 6.45) is 1.60. The number of piperazine rings is 1. The number of hydrogen-bond acceptors (Lipinski definition) is 6. The number of rotatable bonds is 4. The summed E-state index contributed by atoms with van der Waals surface area (Å²) >= 11 is 0. The molecular formula is C13H19FN6O2. The Labute approximate surface area is 127 Å². The number of anilines is 1. The first-order valence-electron chi connectivity index (χ1n) is 6.90. The smallest absolute Gasteiger partial charge is 0.342 e. The number of esters is 1. The number of alkyl halides is 1. The third kappa shape index (κ3) is 4.03. The van der Waals surface area contributed by atoms with Crippen molar-refractivity contribution in [3.8, 4) is 0 Å². The molecule has 9 heteroatoms. The Hall–Kier alpha value is -2.45. The fourth-order valence-corrected chi connectivity index (χ4v) is 2.07. The molecule has 1 atom stereocenters. The molecule has 1 unspecified atom stereocenters. The minimum absolute atomic E-state index is 0.222. The predicted octanol–water partition coefficient (Wildman–Crippen LogP) is -0.576. The van der Waals surface area contributed by atoms with E-state index >= 15 is 0 Å². The number of aromatic nitrogens is 2. The summed E-state index contributed by atoms with van der Waals surface area (Å²) in [7, 11) is 1.13. The second-order valence-electron chi connectivity index (χ2n) is 4.71. The van der Waals surface area contributed by atoms with E-state index in [4.69, 9.17) is 5.73 Å². The Bertz CT molecular complexity index is 519.